The molecule has 0 radical (unpaired) electrons. The molecule has 0 bridgehead atoms. The molecule has 0 heterocycles. The van der Waals surface area contributed by atoms with Crippen LogP contribution in [0.25, 0.3) is 0 Å². The fourth-order valence-electron chi connectivity index (χ4n) is 2.65. The highest BCUT2D eigenvalue weighted by molar-refractivity contribution is 5.99. The van der Waals surface area contributed by atoms with Crippen LogP contribution in [0.3, 0.4) is 0 Å². The molecule has 1 fully saturated rings. The standard InChI is InChI=1S/C19H21F6N3O2/c1-11(16(29)26-10-27(2)3)28(9-12-4-5-12)17(30)13-6-14(18(20,21)22)8-15(7-13)19(23,24)25/h6-8,10-12H,4-5,9H2,1-3H3/b26-10-. The van der Waals surface area contributed by atoms with Crippen molar-refractivity contribution in [1.82, 2.24) is 9.80 Å². The maximum atomic E-state index is 13.1. The monoisotopic (exact) mass is 437 g/mol. The van der Waals surface area contributed by atoms with E-state index in [4.69, 9.17) is 0 Å². The van der Waals surface area contributed by atoms with Crippen molar-refractivity contribution >= 4 is 18.2 Å². The first-order chi connectivity index (χ1) is 13.7. The molecule has 2 amide bonds. The van der Waals surface area contributed by atoms with Gasteiger partial charge in [-0.05, 0) is 43.9 Å². The van der Waals surface area contributed by atoms with Gasteiger partial charge in [-0.25, -0.2) is 4.99 Å². The second-order valence-corrected chi connectivity index (χ2v) is 7.42. The summed E-state index contributed by atoms with van der Waals surface area (Å²) in [5.74, 6) is -1.78. The second-order valence-electron chi connectivity index (χ2n) is 7.42. The molecule has 1 saturated carbocycles. The van der Waals surface area contributed by atoms with Gasteiger partial charge in [-0.1, -0.05) is 0 Å². The lowest BCUT2D eigenvalue weighted by atomic mass is 10.0. The fraction of sp³-hybridized carbons (Fsp3) is 0.526. The molecule has 11 heteroatoms. The van der Waals surface area contributed by atoms with Crippen LogP contribution in [0, 0.1) is 5.92 Å². The first-order valence-corrected chi connectivity index (χ1v) is 9.05. The van der Waals surface area contributed by atoms with Gasteiger partial charge in [-0.2, -0.15) is 26.3 Å². The van der Waals surface area contributed by atoms with Gasteiger partial charge in [0.2, 0.25) is 0 Å². The average molecular weight is 437 g/mol. The molecule has 0 saturated heterocycles. The minimum absolute atomic E-state index is 0.0370. The molecule has 0 spiro atoms. The van der Waals surface area contributed by atoms with Gasteiger partial charge in [0.25, 0.3) is 11.8 Å². The van der Waals surface area contributed by atoms with E-state index >= 15 is 0 Å². The number of rotatable bonds is 6. The van der Waals surface area contributed by atoms with Crippen LogP contribution in [0.4, 0.5) is 26.3 Å². The number of carbonyl (C=O) groups is 2. The van der Waals surface area contributed by atoms with E-state index in [0.717, 1.165) is 17.7 Å². The summed E-state index contributed by atoms with van der Waals surface area (Å²) in [7, 11) is 3.21. The number of aliphatic imine (C=N–C) groups is 1. The summed E-state index contributed by atoms with van der Waals surface area (Å²) in [4.78, 5) is 31.4. The van der Waals surface area contributed by atoms with Crippen LogP contribution < -0.4 is 0 Å². The zero-order valence-corrected chi connectivity index (χ0v) is 16.5. The highest BCUT2D eigenvalue weighted by atomic mass is 19.4. The molecule has 5 nitrogen and oxygen atoms in total. The third kappa shape index (κ3) is 6.20. The van der Waals surface area contributed by atoms with Crippen LogP contribution in [0.5, 0.6) is 0 Å². The van der Waals surface area contributed by atoms with E-state index in [2.05, 4.69) is 4.99 Å². The van der Waals surface area contributed by atoms with Gasteiger partial charge in [-0.15, -0.1) is 0 Å². The first kappa shape index (κ1) is 23.7. The van der Waals surface area contributed by atoms with E-state index in [1.165, 1.54) is 18.2 Å². The Morgan fingerprint density at radius 3 is 1.97 bits per heavy atom. The van der Waals surface area contributed by atoms with E-state index in [0.29, 0.717) is 12.1 Å². The fourth-order valence-corrected chi connectivity index (χ4v) is 2.65. The molecule has 1 aliphatic carbocycles. The summed E-state index contributed by atoms with van der Waals surface area (Å²) in [5.41, 5.74) is -3.96. The summed E-state index contributed by atoms with van der Waals surface area (Å²) < 4.78 is 78.7. The Morgan fingerprint density at radius 1 is 1.07 bits per heavy atom. The summed E-state index contributed by atoms with van der Waals surface area (Å²) in [6.45, 7) is 1.38. The number of nitrogens with zero attached hydrogens (tertiary/aromatic N) is 3. The predicted molar refractivity (Wildman–Crippen MR) is 96.9 cm³/mol. The number of alkyl halides is 6. The molecule has 166 valence electrons. The van der Waals surface area contributed by atoms with Crippen LogP contribution in [-0.2, 0) is 17.1 Å². The SMILES string of the molecule is CC(C(=O)/N=C\N(C)C)N(CC1CC1)C(=O)c1cc(C(F)(F)F)cc(C(F)(F)F)c1. The maximum Gasteiger partial charge on any atom is 0.416 e. The molecule has 30 heavy (non-hydrogen) atoms. The molecule has 0 N–H and O–H groups in total. The Kier molecular flexibility index (Phi) is 6.83. The predicted octanol–water partition coefficient (Wildman–Crippen LogP) is 4.08. The second kappa shape index (κ2) is 8.65. The van der Waals surface area contributed by atoms with Crippen molar-refractivity contribution in [2.75, 3.05) is 20.6 Å². The van der Waals surface area contributed by atoms with E-state index in [1.54, 1.807) is 14.1 Å². The molecule has 0 aliphatic heterocycles. The Hall–Kier alpha value is -2.59. The number of benzene rings is 1. The van der Waals surface area contributed by atoms with Gasteiger partial charge in [0.05, 0.1) is 17.5 Å². The summed E-state index contributed by atoms with van der Waals surface area (Å²) in [6, 6.07) is -0.453. The maximum absolute atomic E-state index is 13.1. The van der Waals surface area contributed by atoms with Crippen molar-refractivity contribution in [1.29, 1.82) is 0 Å². The average Bonchev–Trinajstić information content (AvgIpc) is 3.45. The van der Waals surface area contributed by atoms with Crippen LogP contribution in [-0.4, -0.2) is 54.6 Å². The third-order valence-electron chi connectivity index (χ3n) is 4.49. The van der Waals surface area contributed by atoms with E-state index in [-0.39, 0.29) is 18.5 Å². The van der Waals surface area contributed by atoms with Gasteiger partial charge >= 0.3 is 12.4 Å². The lowest BCUT2D eigenvalue weighted by Gasteiger charge is -2.28. The lowest BCUT2D eigenvalue weighted by molar-refractivity contribution is -0.143. The van der Waals surface area contributed by atoms with Gasteiger partial charge in [0, 0.05) is 26.2 Å². The molecule has 1 unspecified atom stereocenters. The van der Waals surface area contributed by atoms with E-state index in [1.807, 2.05) is 0 Å². The molecule has 0 aromatic heterocycles. The van der Waals surface area contributed by atoms with Gasteiger partial charge in [0.15, 0.2) is 0 Å². The minimum atomic E-state index is -5.07. The van der Waals surface area contributed by atoms with Crippen LogP contribution in [0.2, 0.25) is 0 Å². The number of halogens is 6. The number of hydrogen-bond donors (Lipinski definition) is 0. The van der Waals surface area contributed by atoms with Gasteiger partial charge in [0.1, 0.15) is 6.04 Å². The molecule has 1 aliphatic rings. The molecule has 2 rings (SSSR count). The van der Waals surface area contributed by atoms with Crippen LogP contribution in [0.15, 0.2) is 23.2 Å². The van der Waals surface area contributed by atoms with Gasteiger partial charge < -0.3 is 9.80 Å². The van der Waals surface area contributed by atoms with Gasteiger partial charge in [-0.3, -0.25) is 9.59 Å². The van der Waals surface area contributed by atoms with Crippen molar-refractivity contribution in [3.8, 4) is 0 Å². The smallest absolute Gasteiger partial charge is 0.369 e. The lowest BCUT2D eigenvalue weighted by Crippen LogP contribution is -2.44. The normalized spacial score (nSPS) is 15.9. The van der Waals surface area contributed by atoms with Crippen molar-refractivity contribution in [3.63, 3.8) is 0 Å². The summed E-state index contributed by atoms with van der Waals surface area (Å²) in [6.07, 6.45) is -7.45. The van der Waals surface area contributed by atoms with Crippen molar-refractivity contribution in [3.05, 3.63) is 34.9 Å². The minimum Gasteiger partial charge on any atom is -0.369 e. The number of amides is 2. The summed E-state index contributed by atoms with van der Waals surface area (Å²) in [5, 5.41) is 0. The Morgan fingerprint density at radius 2 is 1.57 bits per heavy atom. The largest absolute Gasteiger partial charge is 0.416 e. The zero-order valence-electron chi connectivity index (χ0n) is 16.5. The van der Waals surface area contributed by atoms with E-state index in [9.17, 15) is 35.9 Å². The quantitative estimate of drug-likeness (QED) is 0.383. The number of carbonyl (C=O) groups excluding carboxylic acids is 2. The molecule has 1 aromatic rings. The van der Waals surface area contributed by atoms with Crippen molar-refractivity contribution in [2.45, 2.75) is 38.2 Å². The molecule has 1 atom stereocenters. The number of hydrogen-bond acceptors (Lipinski definition) is 2. The highest BCUT2D eigenvalue weighted by Crippen LogP contribution is 2.37. The van der Waals surface area contributed by atoms with Crippen molar-refractivity contribution < 1.29 is 35.9 Å². The molecular weight excluding hydrogens is 416 g/mol. The summed E-state index contributed by atoms with van der Waals surface area (Å²) >= 11 is 0. The van der Waals surface area contributed by atoms with E-state index < -0.39 is 46.9 Å². The van der Waals surface area contributed by atoms with Crippen LogP contribution in [0.1, 0.15) is 41.3 Å². The van der Waals surface area contributed by atoms with Crippen molar-refractivity contribution in [2.24, 2.45) is 10.9 Å². The Balaban J connectivity index is 2.45. The topological polar surface area (TPSA) is 53.0 Å². The molecular formula is C19H21F6N3O2. The van der Waals surface area contributed by atoms with Crippen LogP contribution >= 0.6 is 0 Å². The Bertz CT molecular complexity index is 796. The zero-order chi connectivity index (χ0) is 22.9. The molecule has 1 aromatic carbocycles. The Labute approximate surface area is 169 Å². The highest BCUT2D eigenvalue weighted by Gasteiger charge is 2.39. The first-order valence-electron chi connectivity index (χ1n) is 9.05. The third-order valence-corrected chi connectivity index (χ3v) is 4.49.